The van der Waals surface area contributed by atoms with Gasteiger partial charge in [0.05, 0.1) is 15.8 Å². The molecule has 0 bridgehead atoms. The summed E-state index contributed by atoms with van der Waals surface area (Å²) >= 11 is 1.58. The Kier molecular flexibility index (Phi) is 6.32. The van der Waals surface area contributed by atoms with Crippen LogP contribution in [0.5, 0.6) is 0 Å². The molecule has 0 spiro atoms. The minimum atomic E-state index is -0.932. The highest BCUT2D eigenvalue weighted by molar-refractivity contribution is 7.21. The molecule has 0 radical (unpaired) electrons. The quantitative estimate of drug-likeness (QED) is 0.229. The van der Waals surface area contributed by atoms with Crippen LogP contribution in [-0.4, -0.2) is 23.0 Å². The van der Waals surface area contributed by atoms with Crippen LogP contribution in [0.3, 0.4) is 0 Å². The number of anilines is 1. The summed E-state index contributed by atoms with van der Waals surface area (Å²) in [6.45, 7) is 1.83. The average Bonchev–Trinajstić information content (AvgIpc) is 3.39. The fourth-order valence-corrected chi connectivity index (χ4v) is 5.68. The van der Waals surface area contributed by atoms with Crippen LogP contribution in [0.2, 0.25) is 0 Å². The molecule has 6 aromatic rings. The summed E-state index contributed by atoms with van der Waals surface area (Å²) < 4.78 is 6.88. The number of rotatable bonds is 6. The molecule has 1 N–H and O–H groups in total. The standard InChI is InChI=1S/C32H24N2O3S/c1-2-27(30(35)33-23-18-17-20-9-3-4-10-22(20)19-23)37-32(36)25-14-8-12-21-11-7-13-24(29(21)25)31-34-26-15-5-6-16-28(26)38-31/h3-19,27H,2H2,1H3,(H,33,35). The van der Waals surface area contributed by atoms with Crippen molar-refractivity contribution in [3.05, 3.63) is 109 Å². The highest BCUT2D eigenvalue weighted by Gasteiger charge is 2.24. The lowest BCUT2D eigenvalue weighted by Crippen LogP contribution is -2.32. The van der Waals surface area contributed by atoms with Crippen molar-refractivity contribution in [3.8, 4) is 10.6 Å². The summed E-state index contributed by atoms with van der Waals surface area (Å²) in [7, 11) is 0. The van der Waals surface area contributed by atoms with E-state index in [1.165, 1.54) is 0 Å². The molecule has 5 nitrogen and oxygen atoms in total. The minimum absolute atomic E-state index is 0.348. The molecule has 1 amide bonds. The van der Waals surface area contributed by atoms with Gasteiger partial charge in [0.25, 0.3) is 5.91 Å². The minimum Gasteiger partial charge on any atom is -0.449 e. The predicted molar refractivity (Wildman–Crippen MR) is 155 cm³/mol. The van der Waals surface area contributed by atoms with E-state index in [0.29, 0.717) is 17.7 Å². The van der Waals surface area contributed by atoms with Crippen molar-refractivity contribution in [2.75, 3.05) is 5.32 Å². The highest BCUT2D eigenvalue weighted by atomic mass is 32.1. The molecule has 0 saturated heterocycles. The number of hydrogen-bond acceptors (Lipinski definition) is 5. The van der Waals surface area contributed by atoms with Crippen LogP contribution in [0.1, 0.15) is 23.7 Å². The second-order valence-corrected chi connectivity index (χ2v) is 10.1. The maximum absolute atomic E-state index is 13.5. The molecule has 186 valence electrons. The van der Waals surface area contributed by atoms with E-state index in [9.17, 15) is 9.59 Å². The molecule has 0 aliphatic carbocycles. The maximum atomic E-state index is 13.5. The van der Waals surface area contributed by atoms with E-state index >= 15 is 0 Å². The summed E-state index contributed by atoms with van der Waals surface area (Å²) in [6.07, 6.45) is -0.584. The van der Waals surface area contributed by atoms with Crippen LogP contribution < -0.4 is 5.32 Å². The summed E-state index contributed by atoms with van der Waals surface area (Å²) in [5, 5.41) is 7.52. The molecule has 0 fully saturated rings. The molecule has 0 aliphatic rings. The van der Waals surface area contributed by atoms with Gasteiger partial charge in [-0.3, -0.25) is 4.79 Å². The van der Waals surface area contributed by atoms with E-state index in [2.05, 4.69) is 5.32 Å². The predicted octanol–water partition coefficient (Wildman–Crippen LogP) is 7.84. The lowest BCUT2D eigenvalue weighted by atomic mass is 9.99. The normalized spacial score (nSPS) is 12.0. The molecule has 1 aromatic heterocycles. The highest BCUT2D eigenvalue weighted by Crippen LogP contribution is 2.36. The van der Waals surface area contributed by atoms with Gasteiger partial charge in [0.15, 0.2) is 6.10 Å². The first kappa shape index (κ1) is 23.8. The van der Waals surface area contributed by atoms with Gasteiger partial charge in [-0.1, -0.05) is 79.7 Å². The molecule has 6 rings (SSSR count). The molecular weight excluding hydrogens is 492 g/mol. The fourth-order valence-electron chi connectivity index (χ4n) is 4.68. The van der Waals surface area contributed by atoms with Crippen LogP contribution in [0.4, 0.5) is 5.69 Å². The molecular formula is C32H24N2O3S. The Balaban J connectivity index is 1.30. The number of benzene rings is 5. The number of carbonyl (C=O) groups is 2. The Bertz CT molecular complexity index is 1790. The molecule has 38 heavy (non-hydrogen) atoms. The number of para-hydroxylation sites is 1. The topological polar surface area (TPSA) is 68.3 Å². The summed E-state index contributed by atoms with van der Waals surface area (Å²) in [4.78, 5) is 31.4. The van der Waals surface area contributed by atoms with Crippen molar-refractivity contribution in [2.45, 2.75) is 19.4 Å². The fraction of sp³-hybridized carbons (Fsp3) is 0.0938. The van der Waals surface area contributed by atoms with Crippen LogP contribution in [0, 0.1) is 0 Å². The van der Waals surface area contributed by atoms with Gasteiger partial charge in [-0.25, -0.2) is 9.78 Å². The largest absolute Gasteiger partial charge is 0.449 e. The van der Waals surface area contributed by atoms with Gasteiger partial charge in [-0.05, 0) is 52.9 Å². The van der Waals surface area contributed by atoms with Gasteiger partial charge in [0, 0.05) is 16.6 Å². The first-order valence-corrected chi connectivity index (χ1v) is 13.3. The Morgan fingerprint density at radius 1 is 0.842 bits per heavy atom. The Morgan fingerprint density at radius 2 is 1.58 bits per heavy atom. The van der Waals surface area contributed by atoms with Crippen molar-refractivity contribution >= 4 is 60.7 Å². The van der Waals surface area contributed by atoms with Gasteiger partial charge in [0.1, 0.15) is 5.01 Å². The second kappa shape index (κ2) is 10.1. The van der Waals surface area contributed by atoms with Gasteiger partial charge in [-0.15, -0.1) is 11.3 Å². The van der Waals surface area contributed by atoms with E-state index < -0.39 is 12.1 Å². The zero-order valence-electron chi connectivity index (χ0n) is 20.7. The molecule has 6 heteroatoms. The van der Waals surface area contributed by atoms with Crippen molar-refractivity contribution in [3.63, 3.8) is 0 Å². The SMILES string of the molecule is CCC(OC(=O)c1cccc2cccc(-c3nc4ccccc4s3)c12)C(=O)Nc1ccc2ccccc2c1. The van der Waals surface area contributed by atoms with Gasteiger partial charge in [-0.2, -0.15) is 0 Å². The molecule has 0 aliphatic heterocycles. The van der Waals surface area contributed by atoms with Crippen molar-refractivity contribution in [2.24, 2.45) is 0 Å². The monoisotopic (exact) mass is 516 g/mol. The van der Waals surface area contributed by atoms with Crippen LogP contribution in [0.25, 0.3) is 42.3 Å². The number of hydrogen-bond donors (Lipinski definition) is 1. The number of esters is 1. The van der Waals surface area contributed by atoms with Crippen LogP contribution in [-0.2, 0) is 9.53 Å². The third-order valence-electron chi connectivity index (χ3n) is 6.58. The molecule has 1 unspecified atom stereocenters. The number of ether oxygens (including phenoxy) is 1. The lowest BCUT2D eigenvalue weighted by Gasteiger charge is -2.17. The number of carbonyl (C=O) groups excluding carboxylic acids is 2. The Labute approximate surface area is 223 Å². The average molecular weight is 517 g/mol. The number of nitrogens with zero attached hydrogens (tertiary/aromatic N) is 1. The third kappa shape index (κ3) is 4.51. The van der Waals surface area contributed by atoms with E-state index in [0.717, 1.165) is 42.3 Å². The van der Waals surface area contributed by atoms with E-state index in [4.69, 9.17) is 9.72 Å². The van der Waals surface area contributed by atoms with E-state index in [-0.39, 0.29) is 5.91 Å². The molecule has 1 heterocycles. The summed E-state index contributed by atoms with van der Waals surface area (Å²) in [6, 6.07) is 33.1. The van der Waals surface area contributed by atoms with Gasteiger partial charge < -0.3 is 10.1 Å². The van der Waals surface area contributed by atoms with Crippen LogP contribution >= 0.6 is 11.3 Å². The zero-order valence-corrected chi connectivity index (χ0v) is 21.5. The number of aromatic nitrogens is 1. The summed E-state index contributed by atoms with van der Waals surface area (Å²) in [5.41, 5.74) is 2.85. The van der Waals surface area contributed by atoms with E-state index in [1.54, 1.807) is 17.4 Å². The van der Waals surface area contributed by atoms with E-state index in [1.807, 2.05) is 104 Å². The molecule has 0 saturated carbocycles. The smallest absolute Gasteiger partial charge is 0.339 e. The number of nitrogens with one attached hydrogen (secondary N) is 1. The Hall–Kier alpha value is -4.55. The van der Waals surface area contributed by atoms with Gasteiger partial charge >= 0.3 is 5.97 Å². The number of thiazole rings is 1. The molecule has 5 aromatic carbocycles. The Morgan fingerprint density at radius 3 is 2.39 bits per heavy atom. The van der Waals surface area contributed by atoms with Crippen LogP contribution in [0.15, 0.2) is 103 Å². The summed E-state index contributed by atoms with van der Waals surface area (Å²) in [5.74, 6) is -0.896. The number of amides is 1. The van der Waals surface area contributed by atoms with Gasteiger partial charge in [0.2, 0.25) is 0 Å². The lowest BCUT2D eigenvalue weighted by molar-refractivity contribution is -0.124. The maximum Gasteiger partial charge on any atom is 0.339 e. The molecule has 1 atom stereocenters. The zero-order chi connectivity index (χ0) is 26.1. The first-order valence-electron chi connectivity index (χ1n) is 12.5. The van der Waals surface area contributed by atoms with Crippen molar-refractivity contribution in [1.29, 1.82) is 0 Å². The first-order chi connectivity index (χ1) is 18.6. The second-order valence-electron chi connectivity index (χ2n) is 9.05. The third-order valence-corrected chi connectivity index (χ3v) is 7.65. The van der Waals surface area contributed by atoms with Crippen molar-refractivity contribution in [1.82, 2.24) is 4.98 Å². The van der Waals surface area contributed by atoms with Crippen molar-refractivity contribution < 1.29 is 14.3 Å². The number of fused-ring (bicyclic) bond motifs is 3.